The predicted octanol–water partition coefficient (Wildman–Crippen LogP) is 3.81. The molecule has 3 heterocycles. The monoisotopic (exact) mass is 561 g/mol. The van der Waals surface area contributed by atoms with Crippen molar-refractivity contribution in [3.63, 3.8) is 0 Å². The maximum atomic E-state index is 13.7. The van der Waals surface area contributed by atoms with Gasteiger partial charge in [-0.15, -0.1) is 0 Å². The van der Waals surface area contributed by atoms with Crippen LogP contribution in [0.25, 0.3) is 0 Å². The van der Waals surface area contributed by atoms with E-state index >= 15 is 0 Å². The van der Waals surface area contributed by atoms with E-state index in [-0.39, 0.29) is 31.3 Å². The summed E-state index contributed by atoms with van der Waals surface area (Å²) in [6.07, 6.45) is 3.21. The van der Waals surface area contributed by atoms with Gasteiger partial charge in [0.05, 0.1) is 23.9 Å². The number of nitrogens with one attached hydrogen (secondary N) is 2. The quantitative estimate of drug-likeness (QED) is 0.379. The lowest BCUT2D eigenvalue weighted by atomic mass is 9.99. The van der Waals surface area contributed by atoms with Crippen molar-refractivity contribution in [1.82, 2.24) is 14.8 Å². The lowest BCUT2D eigenvalue weighted by Gasteiger charge is -2.38. The number of carbonyl (C=O) groups is 2. The molecule has 0 spiro atoms. The second-order valence-electron chi connectivity index (χ2n) is 10.5. The molecule has 11 heteroatoms. The Morgan fingerprint density at radius 1 is 1.15 bits per heavy atom. The summed E-state index contributed by atoms with van der Waals surface area (Å²) >= 11 is 0. The van der Waals surface area contributed by atoms with Crippen LogP contribution >= 0.6 is 0 Å². The molecule has 2 aliphatic heterocycles. The molecule has 3 atom stereocenters. The number of benzene rings is 2. The van der Waals surface area contributed by atoms with E-state index in [1.165, 1.54) is 0 Å². The van der Waals surface area contributed by atoms with E-state index < -0.39 is 12.1 Å². The van der Waals surface area contributed by atoms with Gasteiger partial charge in [0.15, 0.2) is 17.2 Å². The zero-order valence-electron chi connectivity index (χ0n) is 23.4. The van der Waals surface area contributed by atoms with Crippen molar-refractivity contribution in [2.24, 2.45) is 5.92 Å². The second kappa shape index (κ2) is 12.4. The molecule has 0 bridgehead atoms. The van der Waals surface area contributed by atoms with Gasteiger partial charge < -0.3 is 34.9 Å². The molecule has 41 heavy (non-hydrogen) atoms. The highest BCUT2D eigenvalue weighted by Crippen LogP contribution is 2.36. The highest BCUT2D eigenvalue weighted by Gasteiger charge is 2.34. The first-order valence-electron chi connectivity index (χ1n) is 13.6. The Morgan fingerprint density at radius 3 is 2.71 bits per heavy atom. The van der Waals surface area contributed by atoms with Crippen molar-refractivity contribution in [2.45, 2.75) is 32.5 Å². The molecule has 5 rings (SSSR count). The number of urea groups is 1. The van der Waals surface area contributed by atoms with Crippen molar-refractivity contribution in [2.75, 3.05) is 44.2 Å². The number of amides is 3. The smallest absolute Gasteiger partial charge is 0.323 e. The summed E-state index contributed by atoms with van der Waals surface area (Å²) in [4.78, 5) is 34.7. The summed E-state index contributed by atoms with van der Waals surface area (Å²) in [5.74, 6) is 1.12. The second-order valence-corrected chi connectivity index (χ2v) is 10.5. The molecule has 3 N–H and O–H groups in total. The van der Waals surface area contributed by atoms with E-state index in [0.29, 0.717) is 53.8 Å². The summed E-state index contributed by atoms with van der Waals surface area (Å²) in [6.45, 7) is 5.48. The van der Waals surface area contributed by atoms with Gasteiger partial charge in [-0.05, 0) is 55.9 Å². The maximum absolute atomic E-state index is 13.7. The first-order valence-corrected chi connectivity index (χ1v) is 13.6. The van der Waals surface area contributed by atoms with Crippen molar-refractivity contribution in [1.29, 1.82) is 0 Å². The zero-order chi connectivity index (χ0) is 28.9. The Balaban J connectivity index is 1.41. The van der Waals surface area contributed by atoms with Crippen LogP contribution in [0, 0.1) is 5.92 Å². The van der Waals surface area contributed by atoms with Crippen LogP contribution in [0.5, 0.6) is 17.2 Å². The maximum Gasteiger partial charge on any atom is 0.323 e. The molecule has 0 saturated carbocycles. The third kappa shape index (κ3) is 6.53. The molecule has 0 radical (unpaired) electrons. The Bertz CT molecular complexity index is 1390. The van der Waals surface area contributed by atoms with Gasteiger partial charge >= 0.3 is 6.03 Å². The number of fused-ring (bicyclic) bond motifs is 2. The Morgan fingerprint density at radius 2 is 1.93 bits per heavy atom. The van der Waals surface area contributed by atoms with E-state index in [1.54, 1.807) is 53.7 Å². The number of hydrogen-bond donors (Lipinski definition) is 3. The number of hydrogen-bond acceptors (Lipinski definition) is 8. The average Bonchev–Trinajstić information content (AvgIpc) is 3.43. The summed E-state index contributed by atoms with van der Waals surface area (Å²) < 4.78 is 17.3. The normalized spacial score (nSPS) is 18.7. The van der Waals surface area contributed by atoms with Crippen molar-refractivity contribution >= 4 is 23.3 Å². The van der Waals surface area contributed by atoms with Crippen molar-refractivity contribution < 1.29 is 28.9 Å². The van der Waals surface area contributed by atoms with Gasteiger partial charge in [-0.2, -0.15) is 0 Å². The van der Waals surface area contributed by atoms with Gasteiger partial charge in [-0.25, -0.2) is 4.79 Å². The minimum absolute atomic E-state index is 0.0727. The molecule has 0 saturated heterocycles. The number of aliphatic hydroxyl groups excluding tert-OH is 1. The summed E-state index contributed by atoms with van der Waals surface area (Å²) in [7, 11) is 2.01. The number of para-hydroxylation sites is 1. The molecule has 2 aromatic carbocycles. The lowest BCUT2D eigenvalue weighted by Crippen LogP contribution is -2.49. The number of rotatable bonds is 8. The number of ether oxygens (including phenoxy) is 3. The van der Waals surface area contributed by atoms with Gasteiger partial charge in [0.25, 0.3) is 5.91 Å². The first kappa shape index (κ1) is 28.2. The van der Waals surface area contributed by atoms with Gasteiger partial charge in [0.2, 0.25) is 6.79 Å². The number of likely N-dealkylation sites (N-methyl/N-ethyl adjacent to an activating group) is 1. The molecule has 1 aromatic heterocycles. The van der Waals surface area contributed by atoms with Gasteiger partial charge in [-0.1, -0.05) is 13.0 Å². The van der Waals surface area contributed by atoms with Crippen LogP contribution in [0.2, 0.25) is 0 Å². The van der Waals surface area contributed by atoms with Crippen LogP contribution in [0.3, 0.4) is 0 Å². The molecule has 3 aromatic rings. The summed E-state index contributed by atoms with van der Waals surface area (Å²) in [6, 6.07) is 13.3. The fourth-order valence-electron chi connectivity index (χ4n) is 4.99. The summed E-state index contributed by atoms with van der Waals surface area (Å²) in [5, 5.41) is 15.6. The van der Waals surface area contributed by atoms with Gasteiger partial charge in [-0.3, -0.25) is 14.7 Å². The van der Waals surface area contributed by atoms with E-state index in [4.69, 9.17) is 14.2 Å². The third-order valence-electron chi connectivity index (χ3n) is 7.26. The fourth-order valence-corrected chi connectivity index (χ4v) is 4.99. The highest BCUT2D eigenvalue weighted by atomic mass is 16.7. The Hall–Kier alpha value is -4.35. The Kier molecular flexibility index (Phi) is 8.55. The topological polar surface area (TPSA) is 125 Å². The van der Waals surface area contributed by atoms with Crippen LogP contribution in [-0.2, 0) is 6.54 Å². The van der Waals surface area contributed by atoms with Crippen LogP contribution in [0.4, 0.5) is 16.2 Å². The third-order valence-corrected chi connectivity index (χ3v) is 7.26. The number of pyridine rings is 1. The first-order chi connectivity index (χ1) is 19.8. The highest BCUT2D eigenvalue weighted by molar-refractivity contribution is 6.04. The summed E-state index contributed by atoms with van der Waals surface area (Å²) in [5.41, 5.74) is 2.32. The number of carbonyl (C=O) groups excluding carboxylic acids is 2. The average molecular weight is 562 g/mol. The molecular weight excluding hydrogens is 526 g/mol. The number of anilines is 2. The standard InChI is InChI=1S/C30H35N5O6/c1-19-14-35(20(2)17-36)29(37)23-5-4-6-24(33-30(38)32-22-7-8-25-26(13-22)40-18-39-25)28(23)41-27(19)16-34(3)15-21-9-11-31-12-10-21/h4-13,19-20,27,36H,14-18H2,1-3H3,(H2,32,33,38)/t19-,20-,27+/m0/s1. The molecule has 3 amide bonds. The molecule has 0 unspecified atom stereocenters. The Labute approximate surface area is 239 Å². The predicted molar refractivity (Wildman–Crippen MR) is 153 cm³/mol. The van der Waals surface area contributed by atoms with Crippen LogP contribution in [0.1, 0.15) is 29.8 Å². The number of aromatic nitrogens is 1. The van der Waals surface area contributed by atoms with Crippen LogP contribution in [-0.4, -0.2) is 77.5 Å². The largest absolute Gasteiger partial charge is 0.486 e. The van der Waals surface area contributed by atoms with E-state index in [2.05, 4.69) is 20.5 Å². The minimum atomic E-state index is -0.504. The van der Waals surface area contributed by atoms with Gasteiger partial charge in [0.1, 0.15) is 6.10 Å². The molecular formula is C30H35N5O6. The van der Waals surface area contributed by atoms with Crippen molar-refractivity contribution in [3.05, 3.63) is 72.1 Å². The molecule has 11 nitrogen and oxygen atoms in total. The molecule has 0 aliphatic carbocycles. The minimum Gasteiger partial charge on any atom is -0.486 e. The lowest BCUT2D eigenvalue weighted by molar-refractivity contribution is 0.0343. The van der Waals surface area contributed by atoms with Crippen LogP contribution < -0.4 is 24.8 Å². The van der Waals surface area contributed by atoms with Gasteiger partial charge in [0, 0.05) is 49.7 Å². The SMILES string of the molecule is C[C@H]1CN([C@@H](C)CO)C(=O)c2cccc(NC(=O)Nc3ccc4c(c3)OCO4)c2O[C@@H]1CN(C)Cc1ccncc1. The fraction of sp³-hybridized carbons (Fsp3) is 0.367. The van der Waals surface area contributed by atoms with Crippen LogP contribution in [0.15, 0.2) is 60.9 Å². The van der Waals surface area contributed by atoms with Crippen molar-refractivity contribution in [3.8, 4) is 17.2 Å². The van der Waals surface area contributed by atoms with E-state index in [1.807, 2.05) is 33.0 Å². The van der Waals surface area contributed by atoms with E-state index in [9.17, 15) is 14.7 Å². The number of nitrogens with zero attached hydrogens (tertiary/aromatic N) is 3. The molecule has 0 fully saturated rings. The van der Waals surface area contributed by atoms with E-state index in [0.717, 1.165) is 5.56 Å². The molecule has 216 valence electrons. The molecule has 2 aliphatic rings. The number of aliphatic hydroxyl groups is 1. The zero-order valence-corrected chi connectivity index (χ0v) is 23.4.